The first-order valence-corrected chi connectivity index (χ1v) is 8.02. The number of guanidine groups is 1. The molecule has 3 nitrogen and oxygen atoms in total. The van der Waals surface area contributed by atoms with Crippen molar-refractivity contribution >= 4 is 29.1 Å². The number of nitrogens with one attached hydrogen (secondary N) is 2. The molecule has 96 valence electrons. The summed E-state index contributed by atoms with van der Waals surface area (Å²) in [6.45, 7) is 4.10. The van der Waals surface area contributed by atoms with E-state index in [-0.39, 0.29) is 0 Å². The molecule has 0 aliphatic carbocycles. The van der Waals surface area contributed by atoms with Gasteiger partial charge in [-0.15, -0.1) is 11.3 Å². The fraction of sp³-hybridized carbons (Fsp3) is 0.583. The van der Waals surface area contributed by atoms with Gasteiger partial charge in [-0.05, 0) is 17.7 Å². The first kappa shape index (κ1) is 14.4. The Kier molecular flexibility index (Phi) is 7.12. The molecule has 0 amide bonds. The van der Waals surface area contributed by atoms with Gasteiger partial charge < -0.3 is 10.6 Å². The molecule has 17 heavy (non-hydrogen) atoms. The van der Waals surface area contributed by atoms with Gasteiger partial charge in [-0.2, -0.15) is 11.8 Å². The van der Waals surface area contributed by atoms with Crippen LogP contribution in [0.1, 0.15) is 17.7 Å². The minimum atomic E-state index is 0.522. The molecule has 0 saturated carbocycles. The molecule has 0 bridgehead atoms. The van der Waals surface area contributed by atoms with Gasteiger partial charge in [0.1, 0.15) is 0 Å². The molecule has 0 aliphatic heterocycles. The van der Waals surface area contributed by atoms with Gasteiger partial charge in [0.15, 0.2) is 5.96 Å². The second-order valence-electron chi connectivity index (χ2n) is 3.79. The van der Waals surface area contributed by atoms with Crippen LogP contribution in [-0.2, 0) is 0 Å². The van der Waals surface area contributed by atoms with E-state index in [1.165, 1.54) is 4.88 Å². The molecule has 0 spiro atoms. The van der Waals surface area contributed by atoms with Crippen LogP contribution in [0.5, 0.6) is 0 Å². The van der Waals surface area contributed by atoms with E-state index in [0.717, 1.165) is 24.8 Å². The molecule has 0 radical (unpaired) electrons. The van der Waals surface area contributed by atoms with Crippen LogP contribution in [0.4, 0.5) is 0 Å². The smallest absolute Gasteiger partial charge is 0.191 e. The lowest BCUT2D eigenvalue weighted by atomic mass is 10.1. The van der Waals surface area contributed by atoms with Gasteiger partial charge in [0, 0.05) is 36.7 Å². The van der Waals surface area contributed by atoms with Crippen molar-refractivity contribution in [2.24, 2.45) is 4.99 Å². The van der Waals surface area contributed by atoms with E-state index in [9.17, 15) is 0 Å². The topological polar surface area (TPSA) is 36.4 Å². The molecule has 0 fully saturated rings. The molecule has 1 heterocycles. The second-order valence-corrected chi connectivity index (χ2v) is 5.75. The molecule has 5 heteroatoms. The van der Waals surface area contributed by atoms with Gasteiger partial charge >= 0.3 is 0 Å². The largest absolute Gasteiger partial charge is 0.356 e. The highest BCUT2D eigenvalue weighted by molar-refractivity contribution is 7.98. The number of thiophene rings is 1. The number of nitrogens with zero attached hydrogens (tertiary/aromatic N) is 1. The molecule has 1 aromatic rings. The Morgan fingerprint density at radius 3 is 2.94 bits per heavy atom. The summed E-state index contributed by atoms with van der Waals surface area (Å²) in [6, 6.07) is 4.28. The Morgan fingerprint density at radius 2 is 2.35 bits per heavy atom. The summed E-state index contributed by atoms with van der Waals surface area (Å²) >= 11 is 3.64. The maximum absolute atomic E-state index is 4.20. The van der Waals surface area contributed by atoms with Crippen molar-refractivity contribution in [2.45, 2.75) is 12.8 Å². The third-order valence-corrected chi connectivity index (χ3v) is 4.14. The van der Waals surface area contributed by atoms with E-state index < -0.39 is 0 Å². The quantitative estimate of drug-likeness (QED) is 0.474. The van der Waals surface area contributed by atoms with Crippen LogP contribution in [0.3, 0.4) is 0 Å². The molecule has 1 unspecified atom stereocenters. The monoisotopic (exact) mass is 271 g/mol. The van der Waals surface area contributed by atoms with E-state index in [2.05, 4.69) is 46.3 Å². The van der Waals surface area contributed by atoms with Crippen LogP contribution in [0.15, 0.2) is 22.5 Å². The van der Waals surface area contributed by atoms with Crippen LogP contribution < -0.4 is 10.6 Å². The molecule has 1 aromatic heterocycles. The molecule has 1 atom stereocenters. The zero-order chi connectivity index (χ0) is 12.5. The van der Waals surface area contributed by atoms with E-state index in [4.69, 9.17) is 0 Å². The molecule has 0 aromatic carbocycles. The minimum absolute atomic E-state index is 0.522. The summed E-state index contributed by atoms with van der Waals surface area (Å²) in [5, 5.41) is 8.77. The van der Waals surface area contributed by atoms with E-state index in [0.29, 0.717) is 5.92 Å². The zero-order valence-corrected chi connectivity index (χ0v) is 12.3. The summed E-state index contributed by atoms with van der Waals surface area (Å²) in [4.78, 5) is 5.62. The van der Waals surface area contributed by atoms with Crippen molar-refractivity contribution in [1.29, 1.82) is 0 Å². The predicted molar refractivity (Wildman–Crippen MR) is 80.5 cm³/mol. The van der Waals surface area contributed by atoms with Gasteiger partial charge in [-0.3, -0.25) is 4.99 Å². The Morgan fingerprint density at radius 1 is 1.53 bits per heavy atom. The van der Waals surface area contributed by atoms with Crippen molar-refractivity contribution in [2.75, 3.05) is 32.1 Å². The summed E-state index contributed by atoms with van der Waals surface area (Å²) < 4.78 is 0. The number of thioether (sulfide) groups is 1. The van der Waals surface area contributed by atoms with E-state index in [1.807, 2.05) is 30.1 Å². The first-order chi connectivity index (χ1) is 8.27. The number of aliphatic imine (C=N–C) groups is 1. The highest BCUT2D eigenvalue weighted by Crippen LogP contribution is 2.19. The van der Waals surface area contributed by atoms with Gasteiger partial charge in [-0.25, -0.2) is 0 Å². The summed E-state index contributed by atoms with van der Waals surface area (Å²) in [5.74, 6) is 2.51. The average Bonchev–Trinajstić information content (AvgIpc) is 2.87. The highest BCUT2D eigenvalue weighted by atomic mass is 32.2. The maximum Gasteiger partial charge on any atom is 0.191 e. The normalized spacial score (nSPS) is 13.5. The number of hydrogen-bond donors (Lipinski definition) is 2. The second kappa shape index (κ2) is 8.42. The summed E-state index contributed by atoms with van der Waals surface area (Å²) in [5.41, 5.74) is 0. The van der Waals surface area contributed by atoms with Gasteiger partial charge in [0.05, 0.1) is 0 Å². The Labute approximate surface area is 112 Å². The van der Waals surface area contributed by atoms with E-state index in [1.54, 1.807) is 0 Å². The van der Waals surface area contributed by atoms with Crippen molar-refractivity contribution in [3.63, 3.8) is 0 Å². The third-order valence-electron chi connectivity index (χ3n) is 2.43. The van der Waals surface area contributed by atoms with E-state index >= 15 is 0 Å². The molecule has 0 aliphatic rings. The van der Waals surface area contributed by atoms with Crippen molar-refractivity contribution < 1.29 is 0 Å². The fourth-order valence-electron chi connectivity index (χ4n) is 1.41. The maximum atomic E-state index is 4.20. The Balaban J connectivity index is 2.28. The zero-order valence-electron chi connectivity index (χ0n) is 10.7. The van der Waals surface area contributed by atoms with Crippen molar-refractivity contribution in [3.05, 3.63) is 22.4 Å². The van der Waals surface area contributed by atoms with Gasteiger partial charge in [0.2, 0.25) is 0 Å². The molecule has 1 rings (SSSR count). The number of hydrogen-bond acceptors (Lipinski definition) is 3. The number of rotatable bonds is 6. The van der Waals surface area contributed by atoms with Crippen LogP contribution in [0.25, 0.3) is 0 Å². The summed E-state index contributed by atoms with van der Waals surface area (Å²) in [7, 11) is 1.81. The van der Waals surface area contributed by atoms with Crippen LogP contribution >= 0.6 is 23.1 Å². The van der Waals surface area contributed by atoms with Crippen LogP contribution in [0, 0.1) is 0 Å². The molecular weight excluding hydrogens is 250 g/mol. The van der Waals surface area contributed by atoms with Gasteiger partial charge in [0.25, 0.3) is 0 Å². The predicted octanol–water partition coefficient (Wildman–Crippen LogP) is 2.38. The standard InChI is InChI=1S/C12H21N3S2/c1-10(11-5-4-7-17-11)9-15-12(13-2)14-6-8-16-3/h4-5,7,10H,6,8-9H2,1-3H3,(H2,13,14,15). The summed E-state index contributed by atoms with van der Waals surface area (Å²) in [6.07, 6.45) is 2.11. The average molecular weight is 271 g/mol. The van der Waals surface area contributed by atoms with Gasteiger partial charge in [-0.1, -0.05) is 13.0 Å². The highest BCUT2D eigenvalue weighted by Gasteiger charge is 2.06. The third kappa shape index (κ3) is 5.46. The van der Waals surface area contributed by atoms with Crippen LogP contribution in [0.2, 0.25) is 0 Å². The fourth-order valence-corrected chi connectivity index (χ4v) is 2.51. The Hall–Kier alpha value is -0.680. The lowest BCUT2D eigenvalue weighted by Crippen LogP contribution is -2.39. The molecule has 0 saturated heterocycles. The SMILES string of the molecule is CN=C(NCCSC)NCC(C)c1cccs1. The lowest BCUT2D eigenvalue weighted by Gasteiger charge is -2.14. The molecular formula is C12H21N3S2. The van der Waals surface area contributed by atoms with Crippen molar-refractivity contribution in [1.82, 2.24) is 10.6 Å². The molecule has 2 N–H and O–H groups in total. The Bertz CT molecular complexity index is 323. The first-order valence-electron chi connectivity index (χ1n) is 5.74. The lowest BCUT2D eigenvalue weighted by molar-refractivity contribution is 0.713. The van der Waals surface area contributed by atoms with Crippen molar-refractivity contribution in [3.8, 4) is 0 Å². The van der Waals surface area contributed by atoms with Crippen LogP contribution in [-0.4, -0.2) is 38.1 Å². The minimum Gasteiger partial charge on any atom is -0.356 e.